The van der Waals surface area contributed by atoms with Gasteiger partial charge >= 0.3 is 0 Å². The lowest BCUT2D eigenvalue weighted by molar-refractivity contribution is 0.318. The maximum absolute atomic E-state index is 8.61. The second-order valence-electron chi connectivity index (χ2n) is 5.58. The first-order valence-electron chi connectivity index (χ1n) is 6.92. The number of nitrogens with two attached hydrogens (primary N) is 1. The van der Waals surface area contributed by atoms with E-state index in [2.05, 4.69) is 24.3 Å². The second-order valence-corrected chi connectivity index (χ2v) is 5.58. The minimum absolute atomic E-state index is 0.151. The molecule has 4 nitrogen and oxygen atoms in total. The molecule has 104 valence electrons. The smallest absolute Gasteiger partial charge is 0.170 e. The van der Waals surface area contributed by atoms with Crippen LogP contribution >= 0.6 is 0 Å². The van der Waals surface area contributed by atoms with Gasteiger partial charge in [-0.25, -0.2) is 0 Å². The summed E-state index contributed by atoms with van der Waals surface area (Å²) in [5, 5.41) is 15.2. The molecule has 3 atom stereocenters. The maximum atomic E-state index is 8.61. The summed E-state index contributed by atoms with van der Waals surface area (Å²) in [6.45, 7) is 5.53. The summed E-state index contributed by atoms with van der Waals surface area (Å²) in [5.41, 5.74) is 7.50. The van der Waals surface area contributed by atoms with Crippen LogP contribution in [0.4, 0.5) is 0 Å². The number of hydrogen-bond acceptors (Lipinski definition) is 3. The van der Waals surface area contributed by atoms with Crippen molar-refractivity contribution in [1.82, 2.24) is 5.32 Å². The van der Waals surface area contributed by atoms with Crippen LogP contribution in [0.25, 0.3) is 0 Å². The summed E-state index contributed by atoms with van der Waals surface area (Å²) in [5.74, 6) is 1.72. The van der Waals surface area contributed by atoms with Crippen molar-refractivity contribution in [3.05, 3.63) is 35.4 Å². The van der Waals surface area contributed by atoms with E-state index in [9.17, 15) is 0 Å². The monoisotopic (exact) mass is 261 g/mol. The van der Waals surface area contributed by atoms with E-state index in [1.807, 2.05) is 24.3 Å². The van der Waals surface area contributed by atoms with Gasteiger partial charge in [-0.3, -0.25) is 0 Å². The number of rotatable bonds is 4. The predicted octanol–water partition coefficient (Wildman–Crippen LogP) is 2.31. The highest BCUT2D eigenvalue weighted by atomic mass is 16.4. The van der Waals surface area contributed by atoms with Crippen LogP contribution in [0.1, 0.15) is 37.8 Å². The molecule has 1 aliphatic carbocycles. The first-order valence-corrected chi connectivity index (χ1v) is 6.92. The first-order chi connectivity index (χ1) is 9.11. The van der Waals surface area contributed by atoms with Crippen molar-refractivity contribution < 1.29 is 5.21 Å². The van der Waals surface area contributed by atoms with Crippen LogP contribution in [0.2, 0.25) is 0 Å². The number of oxime groups is 1. The van der Waals surface area contributed by atoms with Crippen LogP contribution in [0.3, 0.4) is 0 Å². The molecule has 0 radical (unpaired) electrons. The summed E-state index contributed by atoms with van der Waals surface area (Å²) in [7, 11) is 0. The predicted molar refractivity (Wildman–Crippen MR) is 77.1 cm³/mol. The summed E-state index contributed by atoms with van der Waals surface area (Å²) < 4.78 is 0. The van der Waals surface area contributed by atoms with Crippen LogP contribution in [0, 0.1) is 11.8 Å². The number of nitrogens with zero attached hydrogens (tertiary/aromatic N) is 1. The Morgan fingerprint density at radius 3 is 2.53 bits per heavy atom. The third-order valence-corrected chi connectivity index (χ3v) is 4.39. The second kappa shape index (κ2) is 6.06. The molecule has 0 saturated heterocycles. The molecule has 0 aliphatic heterocycles. The summed E-state index contributed by atoms with van der Waals surface area (Å²) in [6, 6.07) is 8.42. The lowest BCUT2D eigenvalue weighted by Crippen LogP contribution is -2.31. The fourth-order valence-electron chi connectivity index (χ4n) is 2.75. The summed E-state index contributed by atoms with van der Waals surface area (Å²) >= 11 is 0. The van der Waals surface area contributed by atoms with Crippen molar-refractivity contribution in [2.45, 2.75) is 39.3 Å². The Morgan fingerprint density at radius 1 is 1.32 bits per heavy atom. The Morgan fingerprint density at radius 2 is 2.00 bits per heavy atom. The highest BCUT2D eigenvalue weighted by Gasteiger charge is 2.28. The average molecular weight is 261 g/mol. The number of nitrogens with one attached hydrogen (secondary N) is 1. The van der Waals surface area contributed by atoms with Gasteiger partial charge in [-0.05, 0) is 30.2 Å². The van der Waals surface area contributed by atoms with Crippen molar-refractivity contribution in [3.8, 4) is 0 Å². The third kappa shape index (κ3) is 3.26. The van der Waals surface area contributed by atoms with Crippen molar-refractivity contribution in [1.29, 1.82) is 0 Å². The van der Waals surface area contributed by atoms with E-state index in [0.717, 1.165) is 23.9 Å². The molecule has 2 rings (SSSR count). The van der Waals surface area contributed by atoms with Crippen LogP contribution in [0.5, 0.6) is 0 Å². The lowest BCUT2D eigenvalue weighted by Gasteiger charge is -2.19. The van der Waals surface area contributed by atoms with Gasteiger partial charge in [-0.1, -0.05) is 43.3 Å². The van der Waals surface area contributed by atoms with Gasteiger partial charge in [0.05, 0.1) is 0 Å². The van der Waals surface area contributed by atoms with E-state index in [1.54, 1.807) is 0 Å². The van der Waals surface area contributed by atoms with Crippen LogP contribution in [-0.4, -0.2) is 17.1 Å². The molecule has 0 bridgehead atoms. The quantitative estimate of drug-likeness (QED) is 0.337. The Balaban J connectivity index is 1.90. The summed E-state index contributed by atoms with van der Waals surface area (Å²) in [6.07, 6.45) is 2.59. The van der Waals surface area contributed by atoms with Crippen LogP contribution < -0.4 is 11.1 Å². The van der Waals surface area contributed by atoms with E-state index >= 15 is 0 Å². The topological polar surface area (TPSA) is 70.6 Å². The molecule has 0 heterocycles. The third-order valence-electron chi connectivity index (χ3n) is 4.39. The molecule has 1 aromatic rings. The van der Waals surface area contributed by atoms with Gasteiger partial charge in [-0.15, -0.1) is 0 Å². The van der Waals surface area contributed by atoms with E-state index in [1.165, 1.54) is 18.4 Å². The Hall–Kier alpha value is -1.55. The van der Waals surface area contributed by atoms with E-state index < -0.39 is 0 Å². The Bertz CT molecular complexity index is 441. The van der Waals surface area contributed by atoms with Gasteiger partial charge in [0.1, 0.15) is 0 Å². The molecule has 3 unspecified atom stereocenters. The number of benzene rings is 1. The molecule has 19 heavy (non-hydrogen) atoms. The van der Waals surface area contributed by atoms with Crippen molar-refractivity contribution >= 4 is 5.84 Å². The largest absolute Gasteiger partial charge is 0.409 e. The van der Waals surface area contributed by atoms with Crippen molar-refractivity contribution in [3.63, 3.8) is 0 Å². The van der Waals surface area contributed by atoms with Gasteiger partial charge in [0.25, 0.3) is 0 Å². The van der Waals surface area contributed by atoms with Gasteiger partial charge in [0.2, 0.25) is 0 Å². The maximum Gasteiger partial charge on any atom is 0.170 e. The molecule has 1 saturated carbocycles. The average Bonchev–Trinajstić information content (AvgIpc) is 2.76. The Kier molecular flexibility index (Phi) is 4.43. The van der Waals surface area contributed by atoms with E-state index in [0.29, 0.717) is 6.04 Å². The number of amidine groups is 1. The van der Waals surface area contributed by atoms with E-state index in [4.69, 9.17) is 10.9 Å². The van der Waals surface area contributed by atoms with Gasteiger partial charge in [0, 0.05) is 18.2 Å². The molecule has 0 aromatic heterocycles. The van der Waals surface area contributed by atoms with E-state index in [-0.39, 0.29) is 5.84 Å². The zero-order chi connectivity index (χ0) is 13.8. The van der Waals surface area contributed by atoms with Gasteiger partial charge < -0.3 is 16.3 Å². The zero-order valence-corrected chi connectivity index (χ0v) is 11.6. The van der Waals surface area contributed by atoms with Gasteiger partial charge in [-0.2, -0.15) is 0 Å². The SMILES string of the molecule is CC1CCC(NCc2ccc(C(N)=NO)cc2)C1C. The molecular weight excluding hydrogens is 238 g/mol. The minimum atomic E-state index is 0.151. The minimum Gasteiger partial charge on any atom is -0.409 e. The molecule has 4 N–H and O–H groups in total. The molecule has 0 spiro atoms. The number of hydrogen-bond donors (Lipinski definition) is 3. The molecule has 4 heteroatoms. The zero-order valence-electron chi connectivity index (χ0n) is 11.6. The van der Waals surface area contributed by atoms with Crippen LogP contribution in [-0.2, 0) is 6.54 Å². The van der Waals surface area contributed by atoms with Gasteiger partial charge in [0.15, 0.2) is 5.84 Å². The molecule has 1 aliphatic rings. The highest BCUT2D eigenvalue weighted by Crippen LogP contribution is 2.31. The Labute approximate surface area is 114 Å². The molecule has 1 fully saturated rings. The molecule has 0 amide bonds. The fraction of sp³-hybridized carbons (Fsp3) is 0.533. The normalized spacial score (nSPS) is 27.7. The van der Waals surface area contributed by atoms with Crippen molar-refractivity contribution in [2.24, 2.45) is 22.7 Å². The van der Waals surface area contributed by atoms with Crippen molar-refractivity contribution in [2.75, 3.05) is 0 Å². The lowest BCUT2D eigenvalue weighted by atomic mass is 9.97. The molecule has 1 aromatic carbocycles. The molecular formula is C15H23N3O. The fourth-order valence-corrected chi connectivity index (χ4v) is 2.75. The standard InChI is InChI=1S/C15H23N3O/c1-10-3-8-14(11(10)2)17-9-12-4-6-13(7-5-12)15(16)18-19/h4-7,10-11,14,17,19H,3,8-9H2,1-2H3,(H2,16,18). The highest BCUT2D eigenvalue weighted by molar-refractivity contribution is 5.96. The first kappa shape index (κ1) is 13.9. The van der Waals surface area contributed by atoms with Crippen LogP contribution in [0.15, 0.2) is 29.4 Å². The summed E-state index contributed by atoms with van der Waals surface area (Å²) in [4.78, 5) is 0.